The van der Waals surface area contributed by atoms with Gasteiger partial charge in [0.25, 0.3) is 0 Å². The number of nitrogens with zero attached hydrogens (tertiary/aromatic N) is 1. The third kappa shape index (κ3) is 4.44. The fraction of sp³-hybridized carbons (Fsp3) is 0.533. The van der Waals surface area contributed by atoms with Gasteiger partial charge in [0.15, 0.2) is 0 Å². The molecule has 122 valence electrons. The number of rotatable bonds is 5. The molecule has 22 heavy (non-hydrogen) atoms. The second kappa shape index (κ2) is 7.44. The molecule has 1 aliphatic rings. The zero-order valence-corrected chi connectivity index (χ0v) is 14.2. The molecule has 1 aliphatic heterocycles. The van der Waals surface area contributed by atoms with Gasteiger partial charge in [-0.1, -0.05) is 23.7 Å². The Hall–Kier alpha value is -1.11. The van der Waals surface area contributed by atoms with E-state index in [9.17, 15) is 13.2 Å². The van der Waals surface area contributed by atoms with E-state index in [4.69, 9.17) is 11.6 Å². The lowest BCUT2D eigenvalue weighted by Gasteiger charge is -2.31. The van der Waals surface area contributed by atoms with Gasteiger partial charge in [0.05, 0.1) is 11.7 Å². The largest absolute Gasteiger partial charge is 0.356 e. The summed E-state index contributed by atoms with van der Waals surface area (Å²) in [5.41, 5.74) is 0.699. The maximum Gasteiger partial charge on any atom is 0.224 e. The monoisotopic (exact) mass is 344 g/mol. The minimum Gasteiger partial charge on any atom is -0.356 e. The molecule has 0 unspecified atom stereocenters. The van der Waals surface area contributed by atoms with Gasteiger partial charge in [0, 0.05) is 24.7 Å². The van der Waals surface area contributed by atoms with Crippen molar-refractivity contribution >= 4 is 27.5 Å². The fourth-order valence-corrected chi connectivity index (χ4v) is 4.35. The molecule has 7 heteroatoms. The van der Waals surface area contributed by atoms with Gasteiger partial charge in [0.1, 0.15) is 0 Å². The molecule has 1 amide bonds. The Morgan fingerprint density at radius 2 is 2.05 bits per heavy atom. The van der Waals surface area contributed by atoms with Gasteiger partial charge in [-0.3, -0.25) is 4.79 Å². The molecule has 1 fully saturated rings. The number of nitrogens with one attached hydrogen (secondary N) is 1. The highest BCUT2D eigenvalue weighted by atomic mass is 35.5. The summed E-state index contributed by atoms with van der Waals surface area (Å²) in [5, 5.41) is 3.35. The van der Waals surface area contributed by atoms with E-state index in [0.717, 1.165) is 6.42 Å². The van der Waals surface area contributed by atoms with E-state index >= 15 is 0 Å². The number of carbonyl (C=O) groups excluding carboxylic acids is 1. The highest BCUT2D eigenvalue weighted by molar-refractivity contribution is 7.88. The summed E-state index contributed by atoms with van der Waals surface area (Å²) in [4.78, 5) is 11.9. The molecular formula is C15H21ClN2O3S. The van der Waals surface area contributed by atoms with Gasteiger partial charge < -0.3 is 5.32 Å². The molecule has 0 spiro atoms. The third-order valence-corrected chi connectivity index (χ3v) is 5.83. The number of carbonyl (C=O) groups is 1. The molecule has 0 radical (unpaired) electrons. The number of hydrogen-bond donors (Lipinski definition) is 1. The first-order valence-electron chi connectivity index (χ1n) is 7.42. The molecule has 1 atom stereocenters. The Kier molecular flexibility index (Phi) is 5.83. The van der Waals surface area contributed by atoms with Crippen molar-refractivity contribution in [1.29, 1.82) is 0 Å². The Balaban J connectivity index is 2.05. The van der Waals surface area contributed by atoms with Crippen LogP contribution in [0.3, 0.4) is 0 Å². The fourth-order valence-electron chi connectivity index (χ4n) is 2.61. The molecule has 0 saturated carbocycles. The molecule has 0 aromatic heterocycles. The minimum absolute atomic E-state index is 0.0612. The van der Waals surface area contributed by atoms with E-state index in [-0.39, 0.29) is 24.1 Å². The van der Waals surface area contributed by atoms with Crippen LogP contribution in [0.15, 0.2) is 24.3 Å². The van der Waals surface area contributed by atoms with Crippen molar-refractivity contribution in [2.45, 2.75) is 25.5 Å². The lowest BCUT2D eigenvalue weighted by molar-refractivity contribution is -0.125. The standard InChI is InChI=1S/C15H21ClN2O3S/c1-2-17-15(19)13-4-3-9-18(10-13)22(20,21)11-12-5-7-14(16)8-6-12/h5-8,13H,2-4,9-11H2,1H3,(H,17,19)/t13-/m0/s1. The van der Waals surface area contributed by atoms with Crippen LogP contribution < -0.4 is 5.32 Å². The van der Waals surface area contributed by atoms with Gasteiger partial charge in [0.2, 0.25) is 15.9 Å². The maximum atomic E-state index is 12.5. The van der Waals surface area contributed by atoms with E-state index in [0.29, 0.717) is 30.1 Å². The highest BCUT2D eigenvalue weighted by Crippen LogP contribution is 2.22. The lowest BCUT2D eigenvalue weighted by atomic mass is 9.99. The summed E-state index contributed by atoms with van der Waals surface area (Å²) in [7, 11) is -3.42. The van der Waals surface area contributed by atoms with E-state index in [1.165, 1.54) is 4.31 Å². The minimum atomic E-state index is -3.42. The topological polar surface area (TPSA) is 66.5 Å². The average molecular weight is 345 g/mol. The quantitative estimate of drug-likeness (QED) is 0.888. The molecule has 1 aromatic carbocycles. The Morgan fingerprint density at radius 3 is 2.68 bits per heavy atom. The molecule has 1 heterocycles. The Labute approximate surface area is 136 Å². The van der Waals surface area contributed by atoms with Crippen molar-refractivity contribution in [3.63, 3.8) is 0 Å². The first-order chi connectivity index (χ1) is 10.4. The summed E-state index contributed by atoms with van der Waals surface area (Å²) < 4.78 is 26.5. The summed E-state index contributed by atoms with van der Waals surface area (Å²) in [6.45, 7) is 3.16. The number of halogens is 1. The number of piperidine rings is 1. The number of hydrogen-bond acceptors (Lipinski definition) is 3. The van der Waals surface area contributed by atoms with Crippen molar-refractivity contribution in [1.82, 2.24) is 9.62 Å². The van der Waals surface area contributed by atoms with Crippen LogP contribution in [0, 0.1) is 5.92 Å². The maximum absolute atomic E-state index is 12.5. The molecule has 1 saturated heterocycles. The predicted molar refractivity (Wildman–Crippen MR) is 87.1 cm³/mol. The van der Waals surface area contributed by atoms with Gasteiger partial charge in [-0.2, -0.15) is 0 Å². The van der Waals surface area contributed by atoms with Crippen molar-refractivity contribution < 1.29 is 13.2 Å². The van der Waals surface area contributed by atoms with E-state index in [2.05, 4.69) is 5.32 Å². The van der Waals surface area contributed by atoms with E-state index in [1.54, 1.807) is 24.3 Å². The second-order valence-corrected chi connectivity index (χ2v) is 7.88. The van der Waals surface area contributed by atoms with Crippen LogP contribution in [0.2, 0.25) is 5.02 Å². The van der Waals surface area contributed by atoms with Crippen molar-refractivity contribution in [3.8, 4) is 0 Å². The van der Waals surface area contributed by atoms with Gasteiger partial charge in [-0.25, -0.2) is 12.7 Å². The molecule has 0 aliphatic carbocycles. The smallest absolute Gasteiger partial charge is 0.224 e. The van der Waals surface area contributed by atoms with Crippen LogP contribution in [-0.2, 0) is 20.6 Å². The van der Waals surface area contributed by atoms with Crippen LogP contribution in [0.25, 0.3) is 0 Å². The molecule has 0 bridgehead atoms. The van der Waals surface area contributed by atoms with E-state index < -0.39 is 10.0 Å². The van der Waals surface area contributed by atoms with Gasteiger partial charge >= 0.3 is 0 Å². The van der Waals surface area contributed by atoms with Crippen LogP contribution in [0.4, 0.5) is 0 Å². The van der Waals surface area contributed by atoms with E-state index in [1.807, 2.05) is 6.92 Å². The summed E-state index contributed by atoms with van der Waals surface area (Å²) >= 11 is 5.81. The lowest BCUT2D eigenvalue weighted by Crippen LogP contribution is -2.45. The first kappa shape index (κ1) is 17.2. The van der Waals surface area contributed by atoms with Crippen molar-refractivity contribution in [2.75, 3.05) is 19.6 Å². The second-order valence-electron chi connectivity index (χ2n) is 5.47. The van der Waals surface area contributed by atoms with Crippen molar-refractivity contribution in [3.05, 3.63) is 34.9 Å². The number of benzene rings is 1. The Morgan fingerprint density at radius 1 is 1.36 bits per heavy atom. The molecule has 2 rings (SSSR count). The summed E-state index contributed by atoms with van der Waals surface area (Å²) in [6, 6.07) is 6.79. The first-order valence-corrected chi connectivity index (χ1v) is 9.41. The van der Waals surface area contributed by atoms with Crippen LogP contribution in [0.5, 0.6) is 0 Å². The molecule has 1 N–H and O–H groups in total. The highest BCUT2D eigenvalue weighted by Gasteiger charge is 2.32. The molecular weight excluding hydrogens is 324 g/mol. The summed E-state index contributed by atoms with van der Waals surface area (Å²) in [6.07, 6.45) is 1.44. The SMILES string of the molecule is CCNC(=O)[C@H]1CCCN(S(=O)(=O)Cc2ccc(Cl)cc2)C1. The zero-order valence-electron chi connectivity index (χ0n) is 12.6. The number of sulfonamides is 1. The third-order valence-electron chi connectivity index (χ3n) is 3.76. The van der Waals surface area contributed by atoms with Gasteiger partial charge in [-0.05, 0) is 37.5 Å². The predicted octanol–water partition coefficient (Wildman–Crippen LogP) is 2.02. The normalized spacial score (nSPS) is 19.8. The van der Waals surface area contributed by atoms with Crippen molar-refractivity contribution in [2.24, 2.45) is 5.92 Å². The van der Waals surface area contributed by atoms with Crippen LogP contribution in [-0.4, -0.2) is 38.3 Å². The summed E-state index contributed by atoms with van der Waals surface area (Å²) in [5.74, 6) is -0.380. The van der Waals surface area contributed by atoms with Crippen LogP contribution in [0.1, 0.15) is 25.3 Å². The van der Waals surface area contributed by atoms with Gasteiger partial charge in [-0.15, -0.1) is 0 Å². The molecule has 5 nitrogen and oxygen atoms in total. The average Bonchev–Trinajstić information content (AvgIpc) is 2.50. The van der Waals surface area contributed by atoms with Crippen LogP contribution >= 0.6 is 11.6 Å². The Bertz CT molecular complexity index is 616. The molecule has 1 aromatic rings. The zero-order chi connectivity index (χ0) is 16.2. The number of amides is 1.